The Hall–Kier alpha value is -2.87. The number of para-hydroxylation sites is 1. The molecule has 0 aromatic heterocycles. The number of ether oxygens (including phenoxy) is 1. The van der Waals surface area contributed by atoms with Crippen LogP contribution in [0.4, 0.5) is 5.69 Å². The van der Waals surface area contributed by atoms with E-state index in [2.05, 4.69) is 5.32 Å². The molecule has 3 rings (SSSR count). The second-order valence-electron chi connectivity index (χ2n) is 7.44. The van der Waals surface area contributed by atoms with Crippen molar-refractivity contribution < 1.29 is 17.9 Å². The number of sulfonamides is 1. The molecule has 8 heteroatoms. The zero-order chi connectivity index (χ0) is 24.0. The number of aryl methyl sites for hydroxylation is 1. The molecule has 0 heterocycles. The number of hydrogen-bond donors (Lipinski definition) is 1. The summed E-state index contributed by atoms with van der Waals surface area (Å²) in [5.74, 6) is 0.254. The standard InChI is InChI=1S/C25H27ClN2O4S/c1-4-18-8-6-7-9-23(18)27-25(29)19-10-15-24(32-5-2)20(16-19)17-28(3)33(30,31)22-13-11-21(26)12-14-22/h6-16H,4-5,17H2,1-3H3,(H,27,29). The van der Waals surface area contributed by atoms with E-state index in [1.54, 1.807) is 18.2 Å². The third-order valence-corrected chi connectivity index (χ3v) is 7.25. The number of carbonyl (C=O) groups is 1. The van der Waals surface area contributed by atoms with Crippen LogP contribution in [0.5, 0.6) is 5.75 Å². The van der Waals surface area contributed by atoms with Crippen molar-refractivity contribution in [1.82, 2.24) is 4.31 Å². The molecule has 0 aliphatic carbocycles. The quantitative estimate of drug-likeness (QED) is 0.441. The molecule has 1 N–H and O–H groups in total. The van der Waals surface area contributed by atoms with Crippen molar-refractivity contribution >= 4 is 33.2 Å². The normalized spacial score (nSPS) is 11.4. The molecule has 3 aromatic rings. The fourth-order valence-corrected chi connectivity index (χ4v) is 4.67. The maximum atomic E-state index is 13.0. The van der Waals surface area contributed by atoms with Gasteiger partial charge in [0.15, 0.2) is 0 Å². The lowest BCUT2D eigenvalue weighted by Crippen LogP contribution is -2.27. The number of nitrogens with one attached hydrogen (secondary N) is 1. The van der Waals surface area contributed by atoms with Gasteiger partial charge in [-0.05, 0) is 67.4 Å². The summed E-state index contributed by atoms with van der Waals surface area (Å²) in [6, 6.07) is 18.7. The van der Waals surface area contributed by atoms with E-state index in [0.29, 0.717) is 28.5 Å². The molecule has 0 bridgehead atoms. The molecule has 0 aliphatic heterocycles. The fourth-order valence-electron chi connectivity index (χ4n) is 3.40. The van der Waals surface area contributed by atoms with Crippen molar-refractivity contribution in [3.05, 3.63) is 88.4 Å². The molecule has 0 spiro atoms. The summed E-state index contributed by atoms with van der Waals surface area (Å²) in [5.41, 5.74) is 2.79. The van der Waals surface area contributed by atoms with Crippen LogP contribution in [0, 0.1) is 0 Å². The smallest absolute Gasteiger partial charge is 0.255 e. The molecule has 3 aromatic carbocycles. The Bertz CT molecular complexity index is 1230. The zero-order valence-corrected chi connectivity index (χ0v) is 20.4. The van der Waals surface area contributed by atoms with Crippen molar-refractivity contribution in [2.24, 2.45) is 0 Å². The highest BCUT2D eigenvalue weighted by atomic mass is 35.5. The van der Waals surface area contributed by atoms with E-state index < -0.39 is 10.0 Å². The van der Waals surface area contributed by atoms with Gasteiger partial charge in [0, 0.05) is 35.4 Å². The van der Waals surface area contributed by atoms with Crippen LogP contribution in [0.15, 0.2) is 71.6 Å². The van der Waals surface area contributed by atoms with Crippen LogP contribution in [-0.2, 0) is 23.0 Å². The topological polar surface area (TPSA) is 75.7 Å². The molecule has 0 atom stereocenters. The minimum Gasteiger partial charge on any atom is -0.494 e. The summed E-state index contributed by atoms with van der Waals surface area (Å²) >= 11 is 5.89. The predicted molar refractivity (Wildman–Crippen MR) is 131 cm³/mol. The van der Waals surface area contributed by atoms with E-state index in [1.165, 1.54) is 35.6 Å². The maximum Gasteiger partial charge on any atom is 0.255 e. The van der Waals surface area contributed by atoms with Crippen molar-refractivity contribution in [1.29, 1.82) is 0 Å². The SMILES string of the molecule is CCOc1ccc(C(=O)Nc2ccccc2CC)cc1CN(C)S(=O)(=O)c1ccc(Cl)cc1. The highest BCUT2D eigenvalue weighted by Gasteiger charge is 2.23. The largest absolute Gasteiger partial charge is 0.494 e. The maximum absolute atomic E-state index is 13.0. The van der Waals surface area contributed by atoms with Gasteiger partial charge in [0.25, 0.3) is 5.91 Å². The van der Waals surface area contributed by atoms with Crippen molar-refractivity contribution in [2.45, 2.75) is 31.7 Å². The van der Waals surface area contributed by atoms with Crippen molar-refractivity contribution in [3.63, 3.8) is 0 Å². The lowest BCUT2D eigenvalue weighted by Gasteiger charge is -2.20. The van der Waals surface area contributed by atoms with E-state index in [4.69, 9.17) is 16.3 Å². The molecule has 0 saturated heterocycles. The first-order valence-corrected chi connectivity index (χ1v) is 12.4. The summed E-state index contributed by atoms with van der Waals surface area (Å²) in [6.07, 6.45) is 0.790. The lowest BCUT2D eigenvalue weighted by molar-refractivity contribution is 0.102. The highest BCUT2D eigenvalue weighted by Crippen LogP contribution is 2.26. The first-order valence-electron chi connectivity index (χ1n) is 10.6. The van der Waals surface area contributed by atoms with E-state index in [1.807, 2.05) is 38.1 Å². The molecule has 0 radical (unpaired) electrons. The zero-order valence-electron chi connectivity index (χ0n) is 18.8. The van der Waals surface area contributed by atoms with Crippen LogP contribution >= 0.6 is 11.6 Å². The van der Waals surface area contributed by atoms with Gasteiger partial charge in [-0.2, -0.15) is 4.31 Å². The van der Waals surface area contributed by atoms with Crippen LogP contribution in [0.25, 0.3) is 0 Å². The molecule has 6 nitrogen and oxygen atoms in total. The van der Waals surface area contributed by atoms with Gasteiger partial charge in [0.05, 0.1) is 11.5 Å². The molecule has 1 amide bonds. The molecule has 0 unspecified atom stereocenters. The lowest BCUT2D eigenvalue weighted by atomic mass is 10.1. The van der Waals surface area contributed by atoms with Gasteiger partial charge in [-0.15, -0.1) is 0 Å². The summed E-state index contributed by atoms with van der Waals surface area (Å²) in [7, 11) is -2.27. The average molecular weight is 487 g/mol. The number of anilines is 1. The van der Waals surface area contributed by atoms with Gasteiger partial charge in [-0.25, -0.2) is 8.42 Å². The van der Waals surface area contributed by atoms with Crippen molar-refractivity contribution in [3.8, 4) is 5.75 Å². The number of hydrogen-bond acceptors (Lipinski definition) is 4. The van der Waals surface area contributed by atoms with Crippen LogP contribution < -0.4 is 10.1 Å². The summed E-state index contributed by atoms with van der Waals surface area (Å²) in [6.45, 7) is 4.32. The average Bonchev–Trinajstić information content (AvgIpc) is 2.80. The molecule has 0 fully saturated rings. The Labute approximate surface area is 200 Å². The third-order valence-electron chi connectivity index (χ3n) is 5.18. The summed E-state index contributed by atoms with van der Waals surface area (Å²) in [4.78, 5) is 13.1. The van der Waals surface area contributed by atoms with Crippen LogP contribution in [0.1, 0.15) is 35.3 Å². The minimum absolute atomic E-state index is 0.0347. The number of halogens is 1. The number of amides is 1. The molecule has 33 heavy (non-hydrogen) atoms. The molecule has 0 aliphatic rings. The summed E-state index contributed by atoms with van der Waals surface area (Å²) in [5, 5.41) is 3.40. The van der Waals surface area contributed by atoms with Crippen LogP contribution in [0.2, 0.25) is 5.02 Å². The highest BCUT2D eigenvalue weighted by molar-refractivity contribution is 7.89. The van der Waals surface area contributed by atoms with Crippen LogP contribution in [0.3, 0.4) is 0 Å². The van der Waals surface area contributed by atoms with Gasteiger partial charge in [-0.3, -0.25) is 4.79 Å². The first kappa shape index (κ1) is 24.8. The second-order valence-corrected chi connectivity index (χ2v) is 9.92. The van der Waals surface area contributed by atoms with Gasteiger partial charge in [-0.1, -0.05) is 36.7 Å². The van der Waals surface area contributed by atoms with Gasteiger partial charge >= 0.3 is 0 Å². The molecule has 174 valence electrons. The predicted octanol–water partition coefficient (Wildman–Crippen LogP) is 5.37. The fraction of sp³-hybridized carbons (Fsp3) is 0.240. The summed E-state index contributed by atoms with van der Waals surface area (Å²) < 4.78 is 32.9. The molecular formula is C25H27ClN2O4S. The second kappa shape index (κ2) is 10.8. The van der Waals surface area contributed by atoms with E-state index in [0.717, 1.165) is 17.7 Å². The molecular weight excluding hydrogens is 460 g/mol. The van der Waals surface area contributed by atoms with Gasteiger partial charge < -0.3 is 10.1 Å². The van der Waals surface area contributed by atoms with E-state index in [9.17, 15) is 13.2 Å². The van der Waals surface area contributed by atoms with Gasteiger partial charge in [0.1, 0.15) is 5.75 Å². The number of nitrogens with zero attached hydrogens (tertiary/aromatic N) is 1. The Balaban J connectivity index is 1.88. The Morgan fingerprint density at radius 1 is 1.00 bits per heavy atom. The Morgan fingerprint density at radius 2 is 1.70 bits per heavy atom. The Morgan fingerprint density at radius 3 is 2.36 bits per heavy atom. The van der Waals surface area contributed by atoms with Crippen LogP contribution in [-0.4, -0.2) is 32.3 Å². The molecule has 0 saturated carbocycles. The number of rotatable bonds is 9. The minimum atomic E-state index is -3.76. The van der Waals surface area contributed by atoms with E-state index in [-0.39, 0.29) is 17.3 Å². The number of benzene rings is 3. The monoisotopic (exact) mass is 486 g/mol. The van der Waals surface area contributed by atoms with Gasteiger partial charge in [0.2, 0.25) is 10.0 Å². The Kier molecular flexibility index (Phi) is 8.13. The number of carbonyl (C=O) groups excluding carboxylic acids is 1. The first-order chi connectivity index (χ1) is 15.8. The third kappa shape index (κ3) is 5.93. The van der Waals surface area contributed by atoms with Crippen molar-refractivity contribution in [2.75, 3.05) is 19.0 Å². The van der Waals surface area contributed by atoms with E-state index >= 15 is 0 Å².